The van der Waals surface area contributed by atoms with E-state index < -0.39 is 0 Å². The Bertz CT molecular complexity index is 625. The first-order chi connectivity index (χ1) is 10.2. The van der Waals surface area contributed by atoms with Gasteiger partial charge in [-0.3, -0.25) is 9.89 Å². The monoisotopic (exact) mass is 307 g/mol. The second kappa shape index (κ2) is 5.80. The third-order valence-corrected chi connectivity index (χ3v) is 4.70. The summed E-state index contributed by atoms with van der Waals surface area (Å²) in [5.41, 5.74) is 0.887. The van der Waals surface area contributed by atoms with Crippen LogP contribution in [0.1, 0.15) is 35.7 Å². The molecule has 0 saturated carbocycles. The zero-order valence-electron chi connectivity index (χ0n) is 12.0. The summed E-state index contributed by atoms with van der Waals surface area (Å²) in [6, 6.07) is 0. The number of ether oxygens (including phenoxy) is 1. The molecule has 1 aliphatic carbocycles. The lowest BCUT2D eigenvalue weighted by atomic mass is 10.1. The van der Waals surface area contributed by atoms with Gasteiger partial charge in [-0.15, -0.1) is 11.3 Å². The average Bonchev–Trinajstić information content (AvgIpc) is 3.14. The lowest BCUT2D eigenvalue weighted by Gasteiger charge is -2.14. The third-order valence-electron chi connectivity index (χ3n) is 3.46. The van der Waals surface area contributed by atoms with Gasteiger partial charge in [-0.1, -0.05) is 0 Å². The summed E-state index contributed by atoms with van der Waals surface area (Å²) in [6.07, 6.45) is 3.19. The van der Waals surface area contributed by atoms with Crippen molar-refractivity contribution >= 4 is 22.4 Å². The van der Waals surface area contributed by atoms with E-state index in [1.54, 1.807) is 11.3 Å². The van der Waals surface area contributed by atoms with Crippen molar-refractivity contribution in [3.05, 3.63) is 22.7 Å². The van der Waals surface area contributed by atoms with Crippen LogP contribution in [-0.2, 0) is 22.5 Å². The lowest BCUT2D eigenvalue weighted by Crippen LogP contribution is -2.18. The number of esters is 1. The molecule has 8 heteroatoms. The van der Waals surface area contributed by atoms with E-state index in [1.165, 1.54) is 11.2 Å². The zero-order chi connectivity index (χ0) is 14.8. The molecule has 2 heterocycles. The highest BCUT2D eigenvalue weighted by Gasteiger charge is 2.34. The maximum absolute atomic E-state index is 11.9. The van der Waals surface area contributed by atoms with Gasteiger partial charge in [-0.05, 0) is 19.8 Å². The molecule has 1 aliphatic rings. The summed E-state index contributed by atoms with van der Waals surface area (Å²) in [7, 11) is 1.95. The van der Waals surface area contributed by atoms with Crippen LogP contribution in [0.4, 0.5) is 5.13 Å². The summed E-state index contributed by atoms with van der Waals surface area (Å²) in [5.74, 6) is 0.421. The SMILES string of the molecule is CCOC(=O)C1CCc2sc(N(C)Cc3ncn[nH]3)nc21. The number of aromatic nitrogens is 4. The van der Waals surface area contributed by atoms with Crippen molar-refractivity contribution in [1.29, 1.82) is 0 Å². The summed E-state index contributed by atoms with van der Waals surface area (Å²) >= 11 is 1.64. The molecule has 1 atom stereocenters. The smallest absolute Gasteiger partial charge is 0.315 e. The number of carbonyl (C=O) groups excluding carboxylic acids is 1. The number of H-pyrrole nitrogens is 1. The van der Waals surface area contributed by atoms with Crippen molar-refractivity contribution in [3.63, 3.8) is 0 Å². The highest BCUT2D eigenvalue weighted by atomic mass is 32.1. The van der Waals surface area contributed by atoms with Gasteiger partial charge >= 0.3 is 5.97 Å². The second-order valence-electron chi connectivity index (χ2n) is 4.94. The largest absolute Gasteiger partial charge is 0.465 e. The summed E-state index contributed by atoms with van der Waals surface area (Å²) in [5, 5.41) is 7.56. The minimum atomic E-state index is -0.205. The van der Waals surface area contributed by atoms with E-state index in [9.17, 15) is 4.79 Å². The number of rotatable bonds is 5. The third kappa shape index (κ3) is 2.76. The topological polar surface area (TPSA) is 84.0 Å². The highest BCUT2D eigenvalue weighted by molar-refractivity contribution is 7.15. The van der Waals surface area contributed by atoms with Crippen molar-refractivity contribution in [2.45, 2.75) is 32.2 Å². The maximum atomic E-state index is 11.9. The Kier molecular flexibility index (Phi) is 3.87. The molecule has 3 rings (SSSR count). The molecule has 2 aromatic rings. The summed E-state index contributed by atoms with van der Waals surface area (Å²) in [6.45, 7) is 2.84. The van der Waals surface area contributed by atoms with Crippen LogP contribution < -0.4 is 4.90 Å². The van der Waals surface area contributed by atoms with Gasteiger partial charge in [-0.25, -0.2) is 9.97 Å². The fraction of sp³-hybridized carbons (Fsp3) is 0.538. The maximum Gasteiger partial charge on any atom is 0.315 e. The van der Waals surface area contributed by atoms with E-state index in [0.717, 1.165) is 29.5 Å². The van der Waals surface area contributed by atoms with E-state index in [1.807, 2.05) is 18.9 Å². The molecule has 21 heavy (non-hydrogen) atoms. The van der Waals surface area contributed by atoms with Crippen LogP contribution in [0.3, 0.4) is 0 Å². The Morgan fingerprint density at radius 3 is 3.19 bits per heavy atom. The highest BCUT2D eigenvalue weighted by Crippen LogP contribution is 2.39. The first-order valence-electron chi connectivity index (χ1n) is 6.90. The normalized spacial score (nSPS) is 16.8. The van der Waals surface area contributed by atoms with Crippen molar-refractivity contribution in [1.82, 2.24) is 20.2 Å². The molecule has 0 saturated heterocycles. The molecule has 0 spiro atoms. The lowest BCUT2D eigenvalue weighted by molar-refractivity contribution is -0.145. The number of hydrogen-bond donors (Lipinski definition) is 1. The zero-order valence-corrected chi connectivity index (χ0v) is 12.8. The Balaban J connectivity index is 1.75. The van der Waals surface area contributed by atoms with Gasteiger partial charge in [0.25, 0.3) is 0 Å². The number of hydrogen-bond acceptors (Lipinski definition) is 7. The number of nitrogens with zero attached hydrogens (tertiary/aromatic N) is 4. The van der Waals surface area contributed by atoms with Crippen LogP contribution in [0.25, 0.3) is 0 Å². The summed E-state index contributed by atoms with van der Waals surface area (Å²) < 4.78 is 5.13. The number of nitrogens with one attached hydrogen (secondary N) is 1. The molecular weight excluding hydrogens is 290 g/mol. The van der Waals surface area contributed by atoms with Gasteiger partial charge in [0.05, 0.1) is 18.8 Å². The molecule has 1 N–H and O–H groups in total. The molecule has 0 bridgehead atoms. The first kappa shape index (κ1) is 14.0. The van der Waals surface area contributed by atoms with Crippen molar-refractivity contribution in [3.8, 4) is 0 Å². The van der Waals surface area contributed by atoms with Crippen molar-refractivity contribution in [2.75, 3.05) is 18.6 Å². The van der Waals surface area contributed by atoms with Crippen LogP contribution in [0.15, 0.2) is 6.33 Å². The van der Waals surface area contributed by atoms with Crippen LogP contribution in [-0.4, -0.2) is 39.8 Å². The molecule has 0 aromatic carbocycles. The van der Waals surface area contributed by atoms with Gasteiger partial charge < -0.3 is 9.64 Å². The quantitative estimate of drug-likeness (QED) is 0.843. The van der Waals surface area contributed by atoms with E-state index in [-0.39, 0.29) is 11.9 Å². The van der Waals surface area contributed by atoms with E-state index in [2.05, 4.69) is 20.2 Å². The fourth-order valence-corrected chi connectivity index (χ4v) is 3.55. The van der Waals surface area contributed by atoms with Gasteiger partial charge in [0.15, 0.2) is 5.13 Å². The Hall–Kier alpha value is -1.96. The van der Waals surface area contributed by atoms with Crippen LogP contribution in [0.5, 0.6) is 0 Å². The summed E-state index contributed by atoms with van der Waals surface area (Å²) in [4.78, 5) is 23.9. The van der Waals surface area contributed by atoms with Crippen LogP contribution in [0, 0.1) is 0 Å². The Morgan fingerprint density at radius 2 is 2.48 bits per heavy atom. The Morgan fingerprint density at radius 1 is 1.62 bits per heavy atom. The standard InChI is InChI=1S/C13H17N5O2S/c1-3-20-12(19)8-4-5-9-11(8)16-13(21-9)18(2)6-10-14-7-15-17-10/h7-8H,3-6H2,1-2H3,(H,14,15,17). The van der Waals surface area contributed by atoms with Crippen molar-refractivity contribution in [2.24, 2.45) is 0 Å². The number of aromatic amines is 1. The number of carbonyl (C=O) groups is 1. The van der Waals surface area contributed by atoms with Crippen molar-refractivity contribution < 1.29 is 9.53 Å². The number of aryl methyl sites for hydroxylation is 1. The molecule has 0 fully saturated rings. The minimum Gasteiger partial charge on any atom is -0.465 e. The molecule has 2 aromatic heterocycles. The fourth-order valence-electron chi connectivity index (χ4n) is 2.45. The van der Waals surface area contributed by atoms with Crippen LogP contribution in [0.2, 0.25) is 0 Å². The molecule has 1 unspecified atom stereocenters. The molecule has 112 valence electrons. The average molecular weight is 307 g/mol. The van der Waals surface area contributed by atoms with Gasteiger partial charge in [0.2, 0.25) is 0 Å². The predicted molar refractivity (Wildman–Crippen MR) is 78.3 cm³/mol. The van der Waals surface area contributed by atoms with Crippen LogP contribution >= 0.6 is 11.3 Å². The second-order valence-corrected chi connectivity index (χ2v) is 6.00. The van der Waals surface area contributed by atoms with Gasteiger partial charge in [-0.2, -0.15) is 5.10 Å². The van der Waals surface area contributed by atoms with E-state index >= 15 is 0 Å². The molecule has 0 amide bonds. The predicted octanol–water partition coefficient (Wildman–Crippen LogP) is 1.49. The minimum absolute atomic E-state index is 0.161. The molecule has 0 radical (unpaired) electrons. The molecule has 7 nitrogen and oxygen atoms in total. The Labute approximate surface area is 126 Å². The van der Waals surface area contributed by atoms with E-state index in [0.29, 0.717) is 13.2 Å². The van der Waals surface area contributed by atoms with Gasteiger partial charge in [0.1, 0.15) is 18.1 Å². The van der Waals surface area contributed by atoms with E-state index in [4.69, 9.17) is 4.74 Å². The number of thiazole rings is 1. The molecular formula is C13H17N5O2S. The number of anilines is 1. The first-order valence-corrected chi connectivity index (χ1v) is 7.72. The van der Waals surface area contributed by atoms with Gasteiger partial charge in [0, 0.05) is 11.9 Å². The molecule has 0 aliphatic heterocycles. The number of fused-ring (bicyclic) bond motifs is 1.